The maximum absolute atomic E-state index is 12.7. The number of nitrogens with zero attached hydrogens (tertiary/aromatic N) is 1. The van der Waals surface area contributed by atoms with Gasteiger partial charge < -0.3 is 9.72 Å². The van der Waals surface area contributed by atoms with Crippen molar-refractivity contribution in [2.75, 3.05) is 0 Å². The number of hydrogen-bond acceptors (Lipinski definition) is 4. The van der Waals surface area contributed by atoms with Crippen LogP contribution in [0.2, 0.25) is 0 Å². The maximum atomic E-state index is 12.7. The topological polar surface area (TPSA) is 72.0 Å². The number of aromatic nitrogens is 2. The number of carbonyl (C=O) groups excluding carboxylic acids is 2. The van der Waals surface area contributed by atoms with E-state index in [2.05, 4.69) is 9.97 Å². The first-order valence-corrected chi connectivity index (χ1v) is 8.30. The van der Waals surface area contributed by atoms with E-state index in [0.717, 1.165) is 16.3 Å². The second kappa shape index (κ2) is 6.44. The molecule has 5 heteroatoms. The Morgan fingerprint density at radius 1 is 1.00 bits per heavy atom. The molecule has 128 valence electrons. The van der Waals surface area contributed by atoms with E-state index >= 15 is 0 Å². The van der Waals surface area contributed by atoms with Gasteiger partial charge in [0.1, 0.15) is 5.69 Å². The minimum absolute atomic E-state index is 0.183. The number of ketones is 1. The third-order valence-corrected chi connectivity index (χ3v) is 4.32. The molecule has 0 unspecified atom stereocenters. The molecule has 4 aromatic rings. The van der Waals surface area contributed by atoms with Gasteiger partial charge in [-0.3, -0.25) is 4.79 Å². The van der Waals surface area contributed by atoms with E-state index in [0.29, 0.717) is 11.1 Å². The number of ether oxygens (including phenoxy) is 1. The molecule has 2 aromatic heterocycles. The summed E-state index contributed by atoms with van der Waals surface area (Å²) in [6.07, 6.45) is 0.737. The molecule has 2 heterocycles. The zero-order valence-corrected chi connectivity index (χ0v) is 14.1. The van der Waals surface area contributed by atoms with Gasteiger partial charge in [0.2, 0.25) is 5.78 Å². The Bertz CT molecular complexity index is 1130. The van der Waals surface area contributed by atoms with Gasteiger partial charge in [0.25, 0.3) is 0 Å². The van der Waals surface area contributed by atoms with Crippen molar-refractivity contribution in [2.45, 2.75) is 13.0 Å². The van der Waals surface area contributed by atoms with Crippen LogP contribution < -0.4 is 0 Å². The molecule has 1 N–H and O–H groups in total. The SMILES string of the molecule is C[C@@H](OC(=O)c1ccc2ccccc2n1)C(=O)c1c[nH]c2ccccc12. The molecule has 0 radical (unpaired) electrons. The smallest absolute Gasteiger partial charge is 0.357 e. The fourth-order valence-corrected chi connectivity index (χ4v) is 2.95. The van der Waals surface area contributed by atoms with Crippen molar-refractivity contribution < 1.29 is 14.3 Å². The van der Waals surface area contributed by atoms with Crippen molar-refractivity contribution in [3.05, 3.63) is 78.1 Å². The maximum Gasteiger partial charge on any atom is 0.357 e. The molecular formula is C21H16N2O3. The number of esters is 1. The number of hydrogen-bond donors (Lipinski definition) is 1. The summed E-state index contributed by atoms with van der Waals surface area (Å²) in [7, 11) is 0. The van der Waals surface area contributed by atoms with Gasteiger partial charge in [-0.15, -0.1) is 0 Å². The third-order valence-electron chi connectivity index (χ3n) is 4.32. The number of H-pyrrole nitrogens is 1. The average molecular weight is 344 g/mol. The van der Waals surface area contributed by atoms with Crippen LogP contribution in [0.1, 0.15) is 27.8 Å². The van der Waals surface area contributed by atoms with Gasteiger partial charge in [-0.05, 0) is 25.1 Å². The van der Waals surface area contributed by atoms with Gasteiger partial charge >= 0.3 is 5.97 Å². The van der Waals surface area contributed by atoms with E-state index in [-0.39, 0.29) is 11.5 Å². The average Bonchev–Trinajstić information content (AvgIpc) is 3.11. The van der Waals surface area contributed by atoms with Crippen LogP contribution >= 0.6 is 0 Å². The van der Waals surface area contributed by atoms with Crippen LogP contribution in [0, 0.1) is 0 Å². The highest BCUT2D eigenvalue weighted by Crippen LogP contribution is 2.20. The van der Waals surface area contributed by atoms with E-state index in [1.165, 1.54) is 0 Å². The molecule has 5 nitrogen and oxygen atoms in total. The number of rotatable bonds is 4. The van der Waals surface area contributed by atoms with Gasteiger partial charge in [0, 0.05) is 28.0 Å². The summed E-state index contributed by atoms with van der Waals surface area (Å²) in [4.78, 5) is 32.4. The first kappa shape index (κ1) is 16.0. The van der Waals surface area contributed by atoms with E-state index in [4.69, 9.17) is 4.74 Å². The molecule has 0 bridgehead atoms. The van der Waals surface area contributed by atoms with Crippen molar-refractivity contribution >= 4 is 33.6 Å². The Kier molecular flexibility index (Phi) is 3.97. The van der Waals surface area contributed by atoms with Crippen molar-refractivity contribution in [1.82, 2.24) is 9.97 Å². The number of benzene rings is 2. The molecule has 0 saturated heterocycles. The first-order chi connectivity index (χ1) is 12.6. The Labute approximate surface area is 149 Å². The van der Waals surface area contributed by atoms with Crippen LogP contribution in [0.3, 0.4) is 0 Å². The summed E-state index contributed by atoms with van der Waals surface area (Å²) in [5, 5.41) is 1.75. The molecule has 0 aliphatic rings. The van der Waals surface area contributed by atoms with Crippen molar-refractivity contribution in [3.63, 3.8) is 0 Å². The summed E-state index contributed by atoms with van der Waals surface area (Å²) in [6.45, 7) is 1.57. The van der Waals surface area contributed by atoms with Gasteiger partial charge in [-0.1, -0.05) is 42.5 Å². The molecule has 0 aliphatic heterocycles. The summed E-state index contributed by atoms with van der Waals surface area (Å²) < 4.78 is 5.35. The Hall–Kier alpha value is -3.47. The second-order valence-corrected chi connectivity index (χ2v) is 6.05. The quantitative estimate of drug-likeness (QED) is 0.446. The van der Waals surface area contributed by atoms with E-state index in [1.54, 1.807) is 19.2 Å². The molecule has 2 aromatic carbocycles. The second-order valence-electron chi connectivity index (χ2n) is 6.05. The zero-order chi connectivity index (χ0) is 18.1. The third kappa shape index (κ3) is 2.84. The highest BCUT2D eigenvalue weighted by Gasteiger charge is 2.23. The van der Waals surface area contributed by atoms with E-state index < -0.39 is 12.1 Å². The largest absolute Gasteiger partial charge is 0.450 e. The molecule has 4 rings (SSSR count). The van der Waals surface area contributed by atoms with Gasteiger partial charge in [-0.25, -0.2) is 9.78 Å². The number of aromatic amines is 1. The predicted molar refractivity (Wildman–Crippen MR) is 99.2 cm³/mol. The lowest BCUT2D eigenvalue weighted by Crippen LogP contribution is -2.24. The van der Waals surface area contributed by atoms with Crippen LogP contribution in [-0.4, -0.2) is 27.8 Å². The number of para-hydroxylation sites is 2. The van der Waals surface area contributed by atoms with Gasteiger partial charge in [0.05, 0.1) is 5.52 Å². The molecule has 26 heavy (non-hydrogen) atoms. The molecule has 0 saturated carbocycles. The molecule has 1 atom stereocenters. The zero-order valence-electron chi connectivity index (χ0n) is 14.1. The minimum Gasteiger partial charge on any atom is -0.450 e. The Balaban J connectivity index is 1.55. The fourth-order valence-electron chi connectivity index (χ4n) is 2.95. The number of carbonyl (C=O) groups is 2. The standard InChI is InChI=1S/C21H16N2O3/c1-13(20(24)16-12-22-18-9-5-3-7-15(16)18)26-21(25)19-11-10-14-6-2-4-8-17(14)23-19/h2-13,22H,1H3/t13-/m1/s1. The van der Waals surface area contributed by atoms with Gasteiger partial charge in [-0.2, -0.15) is 0 Å². The molecular weight excluding hydrogens is 328 g/mol. The van der Waals surface area contributed by atoms with Crippen LogP contribution in [-0.2, 0) is 4.74 Å². The predicted octanol–water partition coefficient (Wildman–Crippen LogP) is 4.14. The van der Waals surface area contributed by atoms with Crippen LogP contribution in [0.4, 0.5) is 0 Å². The van der Waals surface area contributed by atoms with E-state index in [9.17, 15) is 9.59 Å². The number of fused-ring (bicyclic) bond motifs is 2. The molecule has 0 fully saturated rings. The van der Waals surface area contributed by atoms with Crippen molar-refractivity contribution in [1.29, 1.82) is 0 Å². The number of Topliss-reactive ketones (excluding diaryl/α,β-unsaturated/α-hetero) is 1. The number of nitrogens with one attached hydrogen (secondary N) is 1. The van der Waals surface area contributed by atoms with Crippen LogP contribution in [0.25, 0.3) is 21.8 Å². The van der Waals surface area contributed by atoms with Crippen LogP contribution in [0.15, 0.2) is 66.9 Å². The lowest BCUT2D eigenvalue weighted by atomic mass is 10.1. The lowest BCUT2D eigenvalue weighted by molar-refractivity contribution is 0.0314. The van der Waals surface area contributed by atoms with Crippen molar-refractivity contribution in [3.8, 4) is 0 Å². The normalized spacial score (nSPS) is 12.2. The number of pyridine rings is 1. The highest BCUT2D eigenvalue weighted by molar-refractivity contribution is 6.10. The molecule has 0 amide bonds. The Morgan fingerprint density at radius 2 is 1.77 bits per heavy atom. The van der Waals surface area contributed by atoms with Gasteiger partial charge in [0.15, 0.2) is 6.10 Å². The van der Waals surface area contributed by atoms with Crippen LogP contribution in [0.5, 0.6) is 0 Å². The van der Waals surface area contributed by atoms with E-state index in [1.807, 2.05) is 54.6 Å². The lowest BCUT2D eigenvalue weighted by Gasteiger charge is -2.12. The summed E-state index contributed by atoms with van der Waals surface area (Å²) in [5.41, 5.74) is 2.26. The minimum atomic E-state index is -0.907. The molecule has 0 aliphatic carbocycles. The monoisotopic (exact) mass is 344 g/mol. The summed E-state index contributed by atoms with van der Waals surface area (Å²) in [5.74, 6) is -0.868. The first-order valence-electron chi connectivity index (χ1n) is 8.30. The fraction of sp³-hybridized carbons (Fsp3) is 0.0952. The Morgan fingerprint density at radius 3 is 2.65 bits per heavy atom. The van der Waals surface area contributed by atoms with Crippen molar-refractivity contribution in [2.24, 2.45) is 0 Å². The summed E-state index contributed by atoms with van der Waals surface area (Å²) in [6, 6.07) is 18.4. The molecule has 0 spiro atoms. The summed E-state index contributed by atoms with van der Waals surface area (Å²) >= 11 is 0. The highest BCUT2D eigenvalue weighted by atomic mass is 16.5.